The molecule has 0 radical (unpaired) electrons. The lowest BCUT2D eigenvalue weighted by Crippen LogP contribution is -2.41. The standard InChI is InChI=1S/C9H20N2O.2C2H6.H2/c1-9(2)10-3-4-11-5-7-12-8-6-11;2*1-2;/h9-10H,3-8H2,1-2H3;2*1-2H3;1H. The van der Waals surface area contributed by atoms with E-state index in [2.05, 4.69) is 24.1 Å². The van der Waals surface area contributed by atoms with Crippen LogP contribution in [-0.4, -0.2) is 50.3 Å². The molecule has 0 aliphatic carbocycles. The van der Waals surface area contributed by atoms with E-state index in [-0.39, 0.29) is 1.43 Å². The molecule has 1 heterocycles. The fourth-order valence-electron chi connectivity index (χ4n) is 1.34. The van der Waals surface area contributed by atoms with Crippen LogP contribution in [0.25, 0.3) is 0 Å². The fraction of sp³-hybridized carbons (Fsp3) is 1.00. The third kappa shape index (κ3) is 12.0. The van der Waals surface area contributed by atoms with E-state index < -0.39 is 0 Å². The summed E-state index contributed by atoms with van der Waals surface area (Å²) in [5.74, 6) is 0. The molecule has 16 heavy (non-hydrogen) atoms. The summed E-state index contributed by atoms with van der Waals surface area (Å²) in [6.45, 7) is 18.6. The summed E-state index contributed by atoms with van der Waals surface area (Å²) in [4.78, 5) is 2.44. The first-order valence-electron chi connectivity index (χ1n) is 6.82. The van der Waals surface area contributed by atoms with Gasteiger partial charge in [-0.2, -0.15) is 0 Å². The van der Waals surface area contributed by atoms with Gasteiger partial charge in [-0.3, -0.25) is 4.90 Å². The van der Waals surface area contributed by atoms with Gasteiger partial charge in [0.1, 0.15) is 0 Å². The maximum Gasteiger partial charge on any atom is 0.0594 e. The first-order valence-corrected chi connectivity index (χ1v) is 6.82. The molecule has 0 saturated carbocycles. The van der Waals surface area contributed by atoms with Crippen molar-refractivity contribution in [2.45, 2.75) is 47.6 Å². The predicted molar refractivity (Wildman–Crippen MR) is 75.2 cm³/mol. The maximum atomic E-state index is 5.27. The Morgan fingerprint density at radius 2 is 1.62 bits per heavy atom. The number of morpholine rings is 1. The van der Waals surface area contributed by atoms with Gasteiger partial charge >= 0.3 is 0 Å². The summed E-state index contributed by atoms with van der Waals surface area (Å²) in [5.41, 5.74) is 0. The lowest BCUT2D eigenvalue weighted by molar-refractivity contribution is 0.0382. The lowest BCUT2D eigenvalue weighted by Gasteiger charge is -2.26. The van der Waals surface area contributed by atoms with Crippen molar-refractivity contribution in [1.82, 2.24) is 10.2 Å². The molecule has 1 aliphatic rings. The van der Waals surface area contributed by atoms with Crippen LogP contribution in [0.5, 0.6) is 0 Å². The SMILES string of the molecule is CC.CC.CC(C)NCCN1CCOCC1.[HH]. The second kappa shape index (κ2) is 14.9. The van der Waals surface area contributed by atoms with Gasteiger partial charge in [-0.15, -0.1) is 0 Å². The predicted octanol–water partition coefficient (Wildman–Crippen LogP) is 2.62. The van der Waals surface area contributed by atoms with Crippen molar-refractivity contribution < 1.29 is 6.16 Å². The van der Waals surface area contributed by atoms with Gasteiger partial charge in [0, 0.05) is 33.6 Å². The van der Waals surface area contributed by atoms with Crippen molar-refractivity contribution >= 4 is 0 Å². The summed E-state index contributed by atoms with van der Waals surface area (Å²) in [6.07, 6.45) is 0. The molecule has 0 spiro atoms. The van der Waals surface area contributed by atoms with E-state index in [1.54, 1.807) is 0 Å². The van der Waals surface area contributed by atoms with Crippen LogP contribution < -0.4 is 5.32 Å². The smallest absolute Gasteiger partial charge is 0.0594 e. The van der Waals surface area contributed by atoms with Crippen LogP contribution in [0.15, 0.2) is 0 Å². The Bertz CT molecular complexity index is 118. The van der Waals surface area contributed by atoms with Crippen molar-refractivity contribution in [3.8, 4) is 0 Å². The van der Waals surface area contributed by atoms with Gasteiger partial charge < -0.3 is 10.1 Å². The Morgan fingerprint density at radius 1 is 1.12 bits per heavy atom. The van der Waals surface area contributed by atoms with Crippen molar-refractivity contribution in [3.63, 3.8) is 0 Å². The minimum Gasteiger partial charge on any atom is -0.379 e. The monoisotopic (exact) mass is 234 g/mol. The molecule has 0 aromatic carbocycles. The average molecular weight is 234 g/mol. The van der Waals surface area contributed by atoms with Gasteiger partial charge in [0.15, 0.2) is 0 Å². The van der Waals surface area contributed by atoms with Crippen molar-refractivity contribution in [2.75, 3.05) is 39.4 Å². The quantitative estimate of drug-likeness (QED) is 0.809. The molecule has 0 bridgehead atoms. The number of ether oxygens (including phenoxy) is 1. The molecule has 1 aliphatic heterocycles. The highest BCUT2D eigenvalue weighted by molar-refractivity contribution is 4.63. The molecule has 1 fully saturated rings. The molecule has 0 atom stereocenters. The normalized spacial score (nSPS) is 15.9. The summed E-state index contributed by atoms with van der Waals surface area (Å²) in [6, 6.07) is 0.603. The summed E-state index contributed by atoms with van der Waals surface area (Å²) >= 11 is 0. The van der Waals surface area contributed by atoms with Crippen LogP contribution in [0.3, 0.4) is 0 Å². The molecule has 3 heteroatoms. The molecule has 0 aromatic heterocycles. The van der Waals surface area contributed by atoms with Crippen LogP contribution in [0.1, 0.15) is 43.0 Å². The fourth-order valence-corrected chi connectivity index (χ4v) is 1.34. The summed E-state index contributed by atoms with van der Waals surface area (Å²) in [7, 11) is 0. The van der Waals surface area contributed by atoms with Crippen LogP contribution in [0.4, 0.5) is 0 Å². The van der Waals surface area contributed by atoms with Gasteiger partial charge in [0.2, 0.25) is 0 Å². The highest BCUT2D eigenvalue weighted by atomic mass is 16.5. The zero-order valence-electron chi connectivity index (χ0n) is 12.2. The lowest BCUT2D eigenvalue weighted by atomic mass is 10.3. The minimum absolute atomic E-state index is 0. The average Bonchev–Trinajstić information content (AvgIpc) is 2.35. The zero-order chi connectivity index (χ0) is 12.8. The molecule has 1 N–H and O–H groups in total. The van der Waals surface area contributed by atoms with E-state index in [1.165, 1.54) is 0 Å². The van der Waals surface area contributed by atoms with E-state index >= 15 is 0 Å². The van der Waals surface area contributed by atoms with E-state index in [0.29, 0.717) is 6.04 Å². The van der Waals surface area contributed by atoms with E-state index in [9.17, 15) is 0 Å². The van der Waals surface area contributed by atoms with Crippen LogP contribution in [0.2, 0.25) is 0 Å². The third-order valence-electron chi connectivity index (χ3n) is 2.08. The van der Waals surface area contributed by atoms with E-state index in [4.69, 9.17) is 4.74 Å². The van der Waals surface area contributed by atoms with Crippen LogP contribution >= 0.6 is 0 Å². The molecule has 0 unspecified atom stereocenters. The molecule has 0 amide bonds. The van der Waals surface area contributed by atoms with Gasteiger partial charge in [-0.25, -0.2) is 0 Å². The number of hydrogen-bond acceptors (Lipinski definition) is 3. The van der Waals surface area contributed by atoms with E-state index in [1.807, 2.05) is 27.7 Å². The van der Waals surface area contributed by atoms with Gasteiger partial charge in [0.25, 0.3) is 0 Å². The zero-order valence-corrected chi connectivity index (χ0v) is 12.2. The maximum absolute atomic E-state index is 5.27. The van der Waals surface area contributed by atoms with Crippen molar-refractivity contribution in [3.05, 3.63) is 0 Å². The van der Waals surface area contributed by atoms with Gasteiger partial charge in [-0.1, -0.05) is 41.5 Å². The Kier molecular flexibility index (Phi) is 17.0. The largest absolute Gasteiger partial charge is 0.379 e. The topological polar surface area (TPSA) is 24.5 Å². The second-order valence-corrected chi connectivity index (χ2v) is 3.56. The first kappa shape index (κ1) is 18.3. The highest BCUT2D eigenvalue weighted by Crippen LogP contribution is 1.94. The Labute approximate surface area is 104 Å². The minimum atomic E-state index is 0. The Hall–Kier alpha value is -0.120. The molecular formula is C13H34N2O. The number of nitrogens with one attached hydrogen (secondary N) is 1. The van der Waals surface area contributed by atoms with E-state index in [0.717, 1.165) is 39.4 Å². The van der Waals surface area contributed by atoms with Crippen LogP contribution in [0, 0.1) is 0 Å². The molecule has 3 nitrogen and oxygen atoms in total. The van der Waals surface area contributed by atoms with Crippen LogP contribution in [-0.2, 0) is 4.74 Å². The summed E-state index contributed by atoms with van der Waals surface area (Å²) < 4.78 is 5.27. The summed E-state index contributed by atoms with van der Waals surface area (Å²) in [5, 5.41) is 3.41. The first-order chi connectivity index (χ1) is 7.79. The molecule has 1 rings (SSSR count). The number of nitrogens with zero attached hydrogens (tertiary/aromatic N) is 1. The molecule has 102 valence electrons. The van der Waals surface area contributed by atoms with Gasteiger partial charge in [0.05, 0.1) is 13.2 Å². The molecule has 1 saturated heterocycles. The second-order valence-electron chi connectivity index (χ2n) is 3.56. The van der Waals surface area contributed by atoms with Crippen molar-refractivity contribution in [2.24, 2.45) is 0 Å². The Balaban J connectivity index is -0.000000355. The van der Waals surface area contributed by atoms with Crippen molar-refractivity contribution in [1.29, 1.82) is 0 Å². The number of rotatable bonds is 4. The Morgan fingerprint density at radius 3 is 2.06 bits per heavy atom. The third-order valence-corrected chi connectivity index (χ3v) is 2.08. The number of hydrogen-bond donors (Lipinski definition) is 1. The molecular weight excluding hydrogens is 200 g/mol. The highest BCUT2D eigenvalue weighted by Gasteiger charge is 2.08. The molecule has 0 aromatic rings. The van der Waals surface area contributed by atoms with Gasteiger partial charge in [-0.05, 0) is 0 Å².